The molecule has 5 heteroatoms. The van der Waals surface area contributed by atoms with Crippen LogP contribution in [0.5, 0.6) is 0 Å². The molecule has 0 heterocycles. The smallest absolute Gasteiger partial charge is 0.366 e. The summed E-state index contributed by atoms with van der Waals surface area (Å²) < 4.78 is 33.9. The highest BCUT2D eigenvalue weighted by molar-refractivity contribution is 5.92. The fraction of sp³-hybridized carbons (Fsp3) is 0.250. The van der Waals surface area contributed by atoms with Crippen molar-refractivity contribution in [3.05, 3.63) is 12.2 Å². The molecule has 0 aromatic heterocycles. The molecule has 0 saturated carbocycles. The van der Waals surface area contributed by atoms with Gasteiger partial charge in [0.2, 0.25) is 0 Å². The van der Waals surface area contributed by atoms with Crippen LogP contribution in [0.1, 0.15) is 0 Å². The molecule has 0 unspecified atom stereocenters. The number of carbonyl (C=O) groups is 1. The lowest BCUT2D eigenvalue weighted by atomic mass is 10.3. The SMILES string of the molecule is C=C(C(N)=O)C(F)(F)F. The Bertz CT molecular complexity index is 148. The van der Waals surface area contributed by atoms with Crippen LogP contribution in [0.3, 0.4) is 0 Å². The molecule has 0 aliphatic carbocycles. The summed E-state index contributed by atoms with van der Waals surface area (Å²) in [6.45, 7) is 2.43. The van der Waals surface area contributed by atoms with Crippen LogP contribution in [-0.2, 0) is 4.79 Å². The number of hydrogen-bond donors (Lipinski definition) is 1. The van der Waals surface area contributed by atoms with E-state index in [9.17, 15) is 18.0 Å². The number of rotatable bonds is 1. The van der Waals surface area contributed by atoms with E-state index in [-0.39, 0.29) is 0 Å². The molecule has 1 amide bonds. The minimum atomic E-state index is -4.69. The maximum Gasteiger partial charge on any atom is 0.421 e. The molecular formula is C4H4F3NO. The van der Waals surface area contributed by atoms with Crippen LogP contribution >= 0.6 is 0 Å². The number of nitrogens with two attached hydrogens (primary N) is 1. The van der Waals surface area contributed by atoms with Gasteiger partial charge in [0.1, 0.15) is 5.57 Å². The fourth-order valence-electron chi connectivity index (χ4n) is 0.140. The zero-order valence-electron chi connectivity index (χ0n) is 4.33. The van der Waals surface area contributed by atoms with Crippen molar-refractivity contribution in [1.82, 2.24) is 0 Å². The van der Waals surface area contributed by atoms with Gasteiger partial charge in [0.25, 0.3) is 5.91 Å². The predicted octanol–water partition coefficient (Wildman–Crippen LogP) is 0.590. The van der Waals surface area contributed by atoms with Gasteiger partial charge in [-0.05, 0) is 0 Å². The predicted molar refractivity (Wildman–Crippen MR) is 24.4 cm³/mol. The summed E-state index contributed by atoms with van der Waals surface area (Å²) in [5.74, 6) is -1.54. The van der Waals surface area contributed by atoms with Crippen molar-refractivity contribution >= 4 is 5.91 Å². The zero-order chi connectivity index (χ0) is 7.65. The minimum Gasteiger partial charge on any atom is -0.366 e. The molecule has 0 spiro atoms. The average molecular weight is 139 g/mol. The van der Waals surface area contributed by atoms with E-state index in [0.29, 0.717) is 0 Å². The van der Waals surface area contributed by atoms with E-state index in [4.69, 9.17) is 0 Å². The van der Waals surface area contributed by atoms with Gasteiger partial charge in [-0.1, -0.05) is 6.58 Å². The van der Waals surface area contributed by atoms with Gasteiger partial charge in [0.15, 0.2) is 0 Å². The Morgan fingerprint density at radius 2 is 1.78 bits per heavy atom. The largest absolute Gasteiger partial charge is 0.421 e. The highest BCUT2D eigenvalue weighted by Gasteiger charge is 2.35. The third-order valence-corrected chi connectivity index (χ3v) is 0.640. The molecule has 0 aromatic rings. The molecule has 0 atom stereocenters. The summed E-state index contributed by atoms with van der Waals surface area (Å²) >= 11 is 0. The Kier molecular flexibility index (Phi) is 1.85. The Morgan fingerprint density at radius 3 is 1.78 bits per heavy atom. The Hall–Kier alpha value is -1.00. The zero-order valence-corrected chi connectivity index (χ0v) is 4.33. The van der Waals surface area contributed by atoms with Crippen LogP contribution in [0.4, 0.5) is 13.2 Å². The molecule has 0 rings (SSSR count). The van der Waals surface area contributed by atoms with E-state index in [0.717, 1.165) is 0 Å². The summed E-state index contributed by atoms with van der Waals surface area (Å²) in [5, 5.41) is 0. The summed E-state index contributed by atoms with van der Waals surface area (Å²) in [5.41, 5.74) is 2.74. The summed E-state index contributed by atoms with van der Waals surface area (Å²) in [6, 6.07) is 0. The molecule has 0 fully saturated rings. The van der Waals surface area contributed by atoms with Crippen molar-refractivity contribution in [2.75, 3.05) is 0 Å². The molecule has 0 radical (unpaired) electrons. The van der Waals surface area contributed by atoms with Gasteiger partial charge in [0, 0.05) is 0 Å². The van der Waals surface area contributed by atoms with Gasteiger partial charge in [0.05, 0.1) is 0 Å². The van der Waals surface area contributed by atoms with E-state index in [2.05, 4.69) is 12.3 Å². The van der Waals surface area contributed by atoms with Crippen LogP contribution in [-0.4, -0.2) is 12.1 Å². The van der Waals surface area contributed by atoms with Gasteiger partial charge in [-0.3, -0.25) is 4.79 Å². The Balaban J connectivity index is 4.23. The van der Waals surface area contributed by atoms with Gasteiger partial charge in [-0.2, -0.15) is 13.2 Å². The van der Waals surface area contributed by atoms with E-state index < -0.39 is 17.7 Å². The monoisotopic (exact) mass is 139 g/mol. The first-order chi connectivity index (χ1) is 3.85. The van der Waals surface area contributed by atoms with Gasteiger partial charge in [-0.15, -0.1) is 0 Å². The Morgan fingerprint density at radius 1 is 1.44 bits per heavy atom. The van der Waals surface area contributed by atoms with Gasteiger partial charge < -0.3 is 5.73 Å². The molecule has 0 saturated heterocycles. The minimum absolute atomic E-state index is 1.53. The normalized spacial score (nSPS) is 11.0. The first-order valence-electron chi connectivity index (χ1n) is 1.91. The molecular weight excluding hydrogens is 135 g/mol. The van der Waals surface area contributed by atoms with Crippen molar-refractivity contribution in [3.8, 4) is 0 Å². The van der Waals surface area contributed by atoms with E-state index >= 15 is 0 Å². The second kappa shape index (κ2) is 2.08. The summed E-state index contributed by atoms with van der Waals surface area (Å²) in [6.07, 6.45) is -4.69. The van der Waals surface area contributed by atoms with Crippen LogP contribution in [0.15, 0.2) is 12.2 Å². The highest BCUT2D eigenvalue weighted by Crippen LogP contribution is 2.22. The molecule has 0 aromatic carbocycles. The first kappa shape index (κ1) is 8.00. The lowest BCUT2D eigenvalue weighted by Gasteiger charge is -2.03. The number of primary amides is 1. The van der Waals surface area contributed by atoms with Crippen molar-refractivity contribution in [2.45, 2.75) is 6.18 Å². The van der Waals surface area contributed by atoms with Gasteiger partial charge >= 0.3 is 6.18 Å². The number of amides is 1. The molecule has 0 aliphatic heterocycles. The van der Waals surface area contributed by atoms with Crippen molar-refractivity contribution < 1.29 is 18.0 Å². The summed E-state index contributed by atoms with van der Waals surface area (Å²) in [7, 11) is 0. The van der Waals surface area contributed by atoms with Crippen molar-refractivity contribution in [1.29, 1.82) is 0 Å². The average Bonchev–Trinajstić information content (AvgIpc) is 1.62. The maximum atomic E-state index is 11.3. The number of hydrogen-bond acceptors (Lipinski definition) is 1. The van der Waals surface area contributed by atoms with Crippen LogP contribution in [0.2, 0.25) is 0 Å². The topological polar surface area (TPSA) is 43.1 Å². The quantitative estimate of drug-likeness (QED) is 0.531. The Labute approximate surface area is 49.1 Å². The second-order valence-electron chi connectivity index (χ2n) is 1.34. The molecule has 2 nitrogen and oxygen atoms in total. The lowest BCUT2D eigenvalue weighted by molar-refractivity contribution is -0.127. The molecule has 0 aliphatic rings. The van der Waals surface area contributed by atoms with Crippen LogP contribution in [0.25, 0.3) is 0 Å². The van der Waals surface area contributed by atoms with E-state index in [1.165, 1.54) is 0 Å². The first-order valence-corrected chi connectivity index (χ1v) is 1.91. The molecule has 0 bridgehead atoms. The lowest BCUT2D eigenvalue weighted by Crippen LogP contribution is -2.24. The number of halogens is 3. The van der Waals surface area contributed by atoms with Crippen LogP contribution < -0.4 is 5.73 Å². The van der Waals surface area contributed by atoms with Crippen molar-refractivity contribution in [3.63, 3.8) is 0 Å². The second-order valence-corrected chi connectivity index (χ2v) is 1.34. The third kappa shape index (κ3) is 2.16. The van der Waals surface area contributed by atoms with E-state index in [1.54, 1.807) is 0 Å². The summed E-state index contributed by atoms with van der Waals surface area (Å²) in [4.78, 5) is 9.75. The molecule has 2 N–H and O–H groups in total. The molecule has 9 heavy (non-hydrogen) atoms. The van der Waals surface area contributed by atoms with Crippen molar-refractivity contribution in [2.24, 2.45) is 5.73 Å². The van der Waals surface area contributed by atoms with Crippen LogP contribution in [0, 0.1) is 0 Å². The third-order valence-electron chi connectivity index (χ3n) is 0.640. The van der Waals surface area contributed by atoms with Gasteiger partial charge in [-0.25, -0.2) is 0 Å². The highest BCUT2D eigenvalue weighted by atomic mass is 19.4. The standard InChI is InChI=1S/C4H4F3NO/c1-2(3(8)9)4(5,6)7/h1H2,(H2,8,9). The number of carbonyl (C=O) groups excluding carboxylic acids is 1. The van der Waals surface area contributed by atoms with E-state index in [1.807, 2.05) is 0 Å². The maximum absolute atomic E-state index is 11.3. The molecule has 52 valence electrons. The fourth-order valence-corrected chi connectivity index (χ4v) is 0.140. The number of alkyl halides is 3.